The third-order valence-electron chi connectivity index (χ3n) is 5.06. The molecule has 0 atom stereocenters. The molecule has 1 heterocycles. The van der Waals surface area contributed by atoms with Gasteiger partial charge in [-0.1, -0.05) is 23.7 Å². The van der Waals surface area contributed by atoms with Gasteiger partial charge in [0.25, 0.3) is 11.6 Å². The van der Waals surface area contributed by atoms with Crippen molar-refractivity contribution in [2.45, 2.75) is 13.8 Å². The molecule has 33 heavy (non-hydrogen) atoms. The number of thiocarbonyl (C=S) groups is 1. The lowest BCUT2D eigenvalue weighted by Gasteiger charge is -2.13. The molecular weight excluding hydrogens is 464 g/mol. The quantitative estimate of drug-likeness (QED) is 0.216. The summed E-state index contributed by atoms with van der Waals surface area (Å²) < 4.78 is 5.82. The van der Waals surface area contributed by atoms with Crippen LogP contribution in [0.2, 0.25) is 5.02 Å². The second-order valence-electron chi connectivity index (χ2n) is 7.28. The Hall–Kier alpha value is -3.82. The van der Waals surface area contributed by atoms with Crippen LogP contribution in [0.4, 0.5) is 11.4 Å². The SMILES string of the molecule is Cc1ccc(-c2nc3cc(Cl)ccc3o2)cc1NC(=S)NC(=O)c1cccc([N+](=O)[O-])c1C. The first kappa shape index (κ1) is 22.4. The molecule has 4 aromatic rings. The van der Waals surface area contributed by atoms with Crippen LogP contribution in [0.1, 0.15) is 21.5 Å². The summed E-state index contributed by atoms with van der Waals surface area (Å²) in [6.07, 6.45) is 0. The maximum Gasteiger partial charge on any atom is 0.273 e. The molecule has 0 fully saturated rings. The smallest absolute Gasteiger partial charge is 0.273 e. The highest BCUT2D eigenvalue weighted by molar-refractivity contribution is 7.80. The number of aromatic nitrogens is 1. The lowest BCUT2D eigenvalue weighted by atomic mass is 10.1. The van der Waals surface area contributed by atoms with E-state index < -0.39 is 10.8 Å². The molecule has 0 radical (unpaired) electrons. The second kappa shape index (κ2) is 8.97. The lowest BCUT2D eigenvalue weighted by Crippen LogP contribution is -2.34. The molecule has 0 bridgehead atoms. The Labute approximate surface area is 198 Å². The second-order valence-corrected chi connectivity index (χ2v) is 8.12. The van der Waals surface area contributed by atoms with Gasteiger partial charge in [0.15, 0.2) is 10.7 Å². The van der Waals surface area contributed by atoms with Crippen molar-refractivity contribution in [1.29, 1.82) is 0 Å². The van der Waals surface area contributed by atoms with Gasteiger partial charge in [-0.3, -0.25) is 20.2 Å². The van der Waals surface area contributed by atoms with E-state index in [2.05, 4.69) is 15.6 Å². The van der Waals surface area contributed by atoms with Crippen molar-refractivity contribution in [3.63, 3.8) is 0 Å². The number of nitrogens with one attached hydrogen (secondary N) is 2. The van der Waals surface area contributed by atoms with Crippen molar-refractivity contribution in [3.8, 4) is 11.5 Å². The van der Waals surface area contributed by atoms with Gasteiger partial charge in [-0.25, -0.2) is 4.98 Å². The van der Waals surface area contributed by atoms with Crippen LogP contribution >= 0.6 is 23.8 Å². The Kier molecular flexibility index (Phi) is 6.08. The number of nitro benzene ring substituents is 1. The number of aryl methyl sites for hydroxylation is 1. The van der Waals surface area contributed by atoms with Crippen molar-refractivity contribution in [3.05, 3.63) is 86.4 Å². The Morgan fingerprint density at radius 2 is 1.94 bits per heavy atom. The van der Waals surface area contributed by atoms with E-state index in [4.69, 9.17) is 28.2 Å². The number of hydrogen-bond donors (Lipinski definition) is 2. The van der Waals surface area contributed by atoms with Crippen LogP contribution in [0.3, 0.4) is 0 Å². The summed E-state index contributed by atoms with van der Waals surface area (Å²) in [5.41, 5.74) is 3.78. The maximum atomic E-state index is 12.6. The average molecular weight is 481 g/mol. The minimum absolute atomic E-state index is 0.0514. The number of oxazole rings is 1. The Morgan fingerprint density at radius 3 is 2.70 bits per heavy atom. The number of benzene rings is 3. The highest BCUT2D eigenvalue weighted by Crippen LogP contribution is 2.29. The van der Waals surface area contributed by atoms with Crippen molar-refractivity contribution in [2.75, 3.05) is 5.32 Å². The molecule has 4 rings (SSSR count). The Bertz CT molecular complexity index is 1430. The number of anilines is 1. The van der Waals surface area contributed by atoms with Crippen molar-refractivity contribution in [2.24, 2.45) is 0 Å². The van der Waals surface area contributed by atoms with Crippen molar-refractivity contribution >= 4 is 57.3 Å². The molecule has 10 heteroatoms. The molecule has 166 valence electrons. The summed E-state index contributed by atoms with van der Waals surface area (Å²) in [6, 6.07) is 15.0. The van der Waals surface area contributed by atoms with Crippen LogP contribution in [-0.4, -0.2) is 20.9 Å². The molecule has 0 aliphatic heterocycles. The number of carbonyl (C=O) groups is 1. The van der Waals surface area contributed by atoms with E-state index in [9.17, 15) is 14.9 Å². The first-order valence-electron chi connectivity index (χ1n) is 9.76. The van der Waals surface area contributed by atoms with Crippen LogP contribution in [-0.2, 0) is 0 Å². The number of carbonyl (C=O) groups excluding carboxylic acids is 1. The summed E-state index contributed by atoms with van der Waals surface area (Å²) in [4.78, 5) is 27.7. The fraction of sp³-hybridized carbons (Fsp3) is 0.0870. The van der Waals surface area contributed by atoms with Gasteiger partial charge in [0.05, 0.1) is 4.92 Å². The molecule has 1 aromatic heterocycles. The zero-order chi connectivity index (χ0) is 23.7. The molecule has 0 aliphatic rings. The predicted molar refractivity (Wildman–Crippen MR) is 131 cm³/mol. The largest absolute Gasteiger partial charge is 0.436 e. The molecule has 8 nitrogen and oxygen atoms in total. The lowest BCUT2D eigenvalue weighted by molar-refractivity contribution is -0.385. The van der Waals surface area contributed by atoms with Crippen LogP contribution in [0.25, 0.3) is 22.6 Å². The predicted octanol–water partition coefficient (Wildman–Crippen LogP) is 5.80. The van der Waals surface area contributed by atoms with Gasteiger partial charge in [-0.05, 0) is 68.0 Å². The monoisotopic (exact) mass is 480 g/mol. The topological polar surface area (TPSA) is 110 Å². The van der Waals surface area contributed by atoms with E-state index in [1.54, 1.807) is 24.3 Å². The summed E-state index contributed by atoms with van der Waals surface area (Å²) in [7, 11) is 0. The van der Waals surface area contributed by atoms with E-state index in [1.807, 2.05) is 19.1 Å². The van der Waals surface area contributed by atoms with Crippen LogP contribution in [0.15, 0.2) is 59.0 Å². The number of hydrogen-bond acceptors (Lipinski definition) is 6. The molecule has 0 spiro atoms. The van der Waals surface area contributed by atoms with E-state index in [0.29, 0.717) is 33.3 Å². The fourth-order valence-electron chi connectivity index (χ4n) is 3.31. The van der Waals surface area contributed by atoms with Gasteiger partial charge in [-0.15, -0.1) is 0 Å². The van der Waals surface area contributed by atoms with Crippen LogP contribution in [0, 0.1) is 24.0 Å². The first-order valence-corrected chi connectivity index (χ1v) is 10.5. The minimum atomic E-state index is -0.543. The zero-order valence-electron chi connectivity index (χ0n) is 17.5. The molecular formula is C23H17ClN4O4S. The highest BCUT2D eigenvalue weighted by Gasteiger charge is 2.19. The van der Waals surface area contributed by atoms with Gasteiger partial charge >= 0.3 is 0 Å². The number of halogens is 1. The van der Waals surface area contributed by atoms with Gasteiger partial charge in [-0.2, -0.15) is 0 Å². The standard InChI is InChI=1S/C23H17ClN4O4S/c1-12-6-7-14(22-25-18-11-15(24)8-9-20(18)32-22)10-17(12)26-23(33)27-21(29)16-4-3-5-19(13(16)2)28(30)31/h3-11H,1-2H3,(H2,26,27,29,33). The van der Waals surface area contributed by atoms with Crippen molar-refractivity contribution in [1.82, 2.24) is 10.3 Å². The van der Waals surface area contributed by atoms with E-state index in [1.165, 1.54) is 25.1 Å². The number of fused-ring (bicyclic) bond motifs is 1. The van der Waals surface area contributed by atoms with Crippen LogP contribution < -0.4 is 10.6 Å². The summed E-state index contributed by atoms with van der Waals surface area (Å²) in [5.74, 6) is -0.129. The maximum absolute atomic E-state index is 12.6. The molecule has 0 aliphatic carbocycles. The summed E-state index contributed by atoms with van der Waals surface area (Å²) in [5, 5.41) is 17.3. The van der Waals surface area contributed by atoms with Gasteiger partial charge in [0.1, 0.15) is 5.52 Å². The third-order valence-corrected chi connectivity index (χ3v) is 5.50. The molecule has 3 aromatic carbocycles. The summed E-state index contributed by atoms with van der Waals surface area (Å²) >= 11 is 11.3. The number of nitrogens with zero attached hydrogens (tertiary/aromatic N) is 2. The van der Waals surface area contributed by atoms with Crippen molar-refractivity contribution < 1.29 is 14.1 Å². The van der Waals surface area contributed by atoms with E-state index in [0.717, 1.165) is 5.56 Å². The highest BCUT2D eigenvalue weighted by atomic mass is 35.5. The first-order chi connectivity index (χ1) is 15.7. The number of rotatable bonds is 4. The summed E-state index contributed by atoms with van der Waals surface area (Å²) in [6.45, 7) is 3.40. The zero-order valence-corrected chi connectivity index (χ0v) is 19.1. The van der Waals surface area contributed by atoms with E-state index in [-0.39, 0.29) is 21.9 Å². The minimum Gasteiger partial charge on any atom is -0.436 e. The molecule has 0 saturated carbocycles. The Morgan fingerprint density at radius 1 is 1.15 bits per heavy atom. The van der Waals surface area contributed by atoms with Gasteiger partial charge in [0, 0.05) is 33.5 Å². The third kappa shape index (κ3) is 4.69. The number of nitro groups is 1. The molecule has 0 saturated heterocycles. The molecule has 2 N–H and O–H groups in total. The van der Waals surface area contributed by atoms with E-state index >= 15 is 0 Å². The van der Waals surface area contributed by atoms with Gasteiger partial charge in [0.2, 0.25) is 5.89 Å². The van der Waals surface area contributed by atoms with Gasteiger partial charge < -0.3 is 9.73 Å². The average Bonchev–Trinajstić information content (AvgIpc) is 3.18. The van der Waals surface area contributed by atoms with Crippen LogP contribution in [0.5, 0.6) is 0 Å². The fourth-order valence-corrected chi connectivity index (χ4v) is 3.67. The molecule has 0 unspecified atom stereocenters. The molecule has 1 amide bonds. The Balaban J connectivity index is 1.54. The normalized spacial score (nSPS) is 10.8. The number of amides is 1.